The quantitative estimate of drug-likeness (QED) is 0.557. The van der Waals surface area contributed by atoms with Gasteiger partial charge in [-0.3, -0.25) is 0 Å². The molecule has 6 heteroatoms. The van der Waals surface area contributed by atoms with Crippen molar-refractivity contribution in [2.45, 2.75) is 13.8 Å². The number of aryl methyl sites for hydroxylation is 1. The summed E-state index contributed by atoms with van der Waals surface area (Å²) in [7, 11) is 0. The van der Waals surface area contributed by atoms with Crippen molar-refractivity contribution in [1.29, 1.82) is 0 Å². The number of hydrogen-bond donors (Lipinski definition) is 2. The molecular weight excluding hydrogens is 312 g/mol. The monoisotopic (exact) mass is 328 g/mol. The van der Waals surface area contributed by atoms with Gasteiger partial charge in [-0.15, -0.1) is 11.3 Å². The second kappa shape index (κ2) is 6.26. The number of nitrogens with zero attached hydrogens (tertiary/aromatic N) is 1. The number of carbonyl (C=O) groups excluding carboxylic acids is 1. The Kier molecular flexibility index (Phi) is 4.16. The van der Waals surface area contributed by atoms with E-state index in [-0.39, 0.29) is 11.8 Å². The predicted molar refractivity (Wildman–Crippen MR) is 92.2 cm³/mol. The van der Waals surface area contributed by atoms with Gasteiger partial charge in [0, 0.05) is 17.1 Å². The number of rotatable bonds is 4. The largest absolute Gasteiger partial charge is 0.494 e. The molecule has 0 aliphatic rings. The standard InChI is InChI=1S/C17H16N2O3S/c1-3-22-17(21)14-10(2)9-23-16(14)18-8-12-11-6-4-5-7-13(11)19-15(12)20/h4-9,19-20H,3H2,1-2H3. The molecular formula is C17H16N2O3S. The van der Waals surface area contributed by atoms with Gasteiger partial charge >= 0.3 is 5.97 Å². The van der Waals surface area contributed by atoms with Crippen molar-refractivity contribution < 1.29 is 14.6 Å². The van der Waals surface area contributed by atoms with Gasteiger partial charge in [-0.05, 0) is 30.9 Å². The highest BCUT2D eigenvalue weighted by Crippen LogP contribution is 2.32. The second-order valence-electron chi connectivity index (χ2n) is 5.01. The third-order valence-electron chi connectivity index (χ3n) is 3.47. The Morgan fingerprint density at radius 3 is 3.00 bits per heavy atom. The highest BCUT2D eigenvalue weighted by atomic mass is 32.1. The van der Waals surface area contributed by atoms with E-state index in [9.17, 15) is 9.90 Å². The molecule has 2 N–H and O–H groups in total. The predicted octanol–water partition coefficient (Wildman–Crippen LogP) is 4.17. The van der Waals surface area contributed by atoms with Gasteiger partial charge in [-0.1, -0.05) is 18.2 Å². The highest BCUT2D eigenvalue weighted by molar-refractivity contribution is 7.14. The summed E-state index contributed by atoms with van der Waals surface area (Å²) >= 11 is 1.37. The number of benzene rings is 1. The molecule has 0 aliphatic carbocycles. The molecule has 3 rings (SSSR count). The van der Waals surface area contributed by atoms with E-state index in [1.165, 1.54) is 11.3 Å². The van der Waals surface area contributed by atoms with Crippen LogP contribution in [0.5, 0.6) is 5.88 Å². The fourth-order valence-corrected chi connectivity index (χ4v) is 3.26. The zero-order valence-corrected chi connectivity index (χ0v) is 13.6. The summed E-state index contributed by atoms with van der Waals surface area (Å²) in [4.78, 5) is 19.3. The van der Waals surface area contributed by atoms with E-state index in [1.54, 1.807) is 13.1 Å². The molecule has 0 amide bonds. The maximum atomic E-state index is 12.0. The van der Waals surface area contributed by atoms with Gasteiger partial charge in [-0.2, -0.15) is 0 Å². The summed E-state index contributed by atoms with van der Waals surface area (Å²) < 4.78 is 5.08. The van der Waals surface area contributed by atoms with Gasteiger partial charge in [0.2, 0.25) is 0 Å². The molecule has 0 aliphatic heterocycles. The molecule has 0 saturated carbocycles. The van der Waals surface area contributed by atoms with Crippen LogP contribution in [0.25, 0.3) is 10.9 Å². The fraction of sp³-hybridized carbons (Fsp3) is 0.176. The Labute approximate surface area is 137 Å². The molecule has 2 heterocycles. The van der Waals surface area contributed by atoms with Crippen molar-refractivity contribution in [3.05, 3.63) is 46.3 Å². The van der Waals surface area contributed by atoms with Crippen LogP contribution in [0.4, 0.5) is 5.00 Å². The van der Waals surface area contributed by atoms with Crippen LogP contribution in [0.3, 0.4) is 0 Å². The third-order valence-corrected chi connectivity index (χ3v) is 4.48. The SMILES string of the molecule is CCOC(=O)c1c(C)csc1N=Cc1c(O)[nH]c2ccccc12. The molecule has 0 saturated heterocycles. The normalized spacial score (nSPS) is 11.4. The molecule has 118 valence electrons. The van der Waals surface area contributed by atoms with Crippen molar-refractivity contribution in [3.63, 3.8) is 0 Å². The topological polar surface area (TPSA) is 74.7 Å². The first-order chi connectivity index (χ1) is 11.1. The van der Waals surface area contributed by atoms with E-state index in [4.69, 9.17) is 4.74 Å². The van der Waals surface area contributed by atoms with Crippen LogP contribution in [0, 0.1) is 6.92 Å². The van der Waals surface area contributed by atoms with E-state index >= 15 is 0 Å². The number of carbonyl (C=O) groups is 1. The number of nitrogens with one attached hydrogen (secondary N) is 1. The first-order valence-corrected chi connectivity index (χ1v) is 8.08. The zero-order chi connectivity index (χ0) is 16.4. The van der Waals surface area contributed by atoms with Crippen LogP contribution in [0.1, 0.15) is 28.4 Å². The van der Waals surface area contributed by atoms with Crippen molar-refractivity contribution in [2.75, 3.05) is 6.61 Å². The molecule has 0 atom stereocenters. The van der Waals surface area contributed by atoms with Crippen molar-refractivity contribution in [3.8, 4) is 5.88 Å². The maximum absolute atomic E-state index is 12.0. The summed E-state index contributed by atoms with van der Waals surface area (Å²) in [5.41, 5.74) is 2.75. The lowest BCUT2D eigenvalue weighted by molar-refractivity contribution is 0.0527. The molecule has 5 nitrogen and oxygen atoms in total. The Morgan fingerprint density at radius 2 is 2.22 bits per heavy atom. The summed E-state index contributed by atoms with van der Waals surface area (Å²) in [5.74, 6) is -0.317. The van der Waals surface area contributed by atoms with Gasteiger partial charge in [0.05, 0.1) is 17.7 Å². The average molecular weight is 328 g/mol. The van der Waals surface area contributed by atoms with Crippen LogP contribution in [0.15, 0.2) is 34.6 Å². The fourth-order valence-electron chi connectivity index (χ4n) is 2.38. The van der Waals surface area contributed by atoms with Gasteiger partial charge < -0.3 is 14.8 Å². The van der Waals surface area contributed by atoms with Gasteiger partial charge in [-0.25, -0.2) is 9.79 Å². The summed E-state index contributed by atoms with van der Waals surface area (Å²) in [6.45, 7) is 3.94. The van der Waals surface area contributed by atoms with Gasteiger partial charge in [0.25, 0.3) is 0 Å². The number of aliphatic imine (C=N–C) groups is 1. The molecule has 0 unspecified atom stereocenters. The second-order valence-corrected chi connectivity index (χ2v) is 5.87. The van der Waals surface area contributed by atoms with Crippen LogP contribution >= 0.6 is 11.3 Å². The summed E-state index contributed by atoms with van der Waals surface area (Å²) in [5, 5.41) is 13.4. The van der Waals surface area contributed by atoms with E-state index in [0.29, 0.717) is 22.7 Å². The van der Waals surface area contributed by atoms with Gasteiger partial charge in [0.15, 0.2) is 5.88 Å². The molecule has 2 aromatic heterocycles. The van der Waals surface area contributed by atoms with E-state index in [0.717, 1.165) is 16.5 Å². The van der Waals surface area contributed by atoms with E-state index in [2.05, 4.69) is 9.98 Å². The minimum atomic E-state index is -0.374. The highest BCUT2D eigenvalue weighted by Gasteiger charge is 2.17. The van der Waals surface area contributed by atoms with Crippen LogP contribution < -0.4 is 0 Å². The van der Waals surface area contributed by atoms with Crippen LogP contribution in [-0.2, 0) is 4.74 Å². The number of fused-ring (bicyclic) bond motifs is 1. The lowest BCUT2D eigenvalue weighted by Gasteiger charge is -2.02. The summed E-state index contributed by atoms with van der Waals surface area (Å²) in [6, 6.07) is 7.57. The average Bonchev–Trinajstić information content (AvgIpc) is 3.05. The van der Waals surface area contributed by atoms with Crippen molar-refractivity contribution in [1.82, 2.24) is 4.98 Å². The number of esters is 1. The number of H-pyrrole nitrogens is 1. The minimum absolute atomic E-state index is 0.0564. The summed E-state index contributed by atoms with van der Waals surface area (Å²) in [6.07, 6.45) is 1.57. The van der Waals surface area contributed by atoms with Gasteiger partial charge in [0.1, 0.15) is 5.00 Å². The number of para-hydroxylation sites is 1. The smallest absolute Gasteiger partial charge is 0.341 e. The Bertz CT molecular complexity index is 893. The van der Waals surface area contributed by atoms with E-state index < -0.39 is 0 Å². The molecule has 23 heavy (non-hydrogen) atoms. The molecule has 3 aromatic rings. The zero-order valence-electron chi connectivity index (χ0n) is 12.8. The Morgan fingerprint density at radius 1 is 1.43 bits per heavy atom. The number of hydrogen-bond acceptors (Lipinski definition) is 5. The lowest BCUT2D eigenvalue weighted by Crippen LogP contribution is -2.04. The molecule has 0 fully saturated rings. The van der Waals surface area contributed by atoms with Crippen molar-refractivity contribution >= 4 is 39.4 Å². The van der Waals surface area contributed by atoms with E-state index in [1.807, 2.05) is 36.6 Å². The number of aromatic hydroxyl groups is 1. The molecule has 0 radical (unpaired) electrons. The first kappa shape index (κ1) is 15.3. The number of ether oxygens (including phenoxy) is 1. The first-order valence-electron chi connectivity index (χ1n) is 7.20. The molecule has 0 spiro atoms. The van der Waals surface area contributed by atoms with Crippen LogP contribution in [-0.4, -0.2) is 28.9 Å². The third kappa shape index (κ3) is 2.85. The Hall–Kier alpha value is -2.60. The number of aromatic amines is 1. The maximum Gasteiger partial charge on any atom is 0.341 e. The van der Waals surface area contributed by atoms with Crippen LogP contribution in [0.2, 0.25) is 0 Å². The minimum Gasteiger partial charge on any atom is -0.494 e. The molecule has 1 aromatic carbocycles. The van der Waals surface area contributed by atoms with Crippen molar-refractivity contribution in [2.24, 2.45) is 4.99 Å². The molecule has 0 bridgehead atoms. The Balaban J connectivity index is 2.00. The number of thiophene rings is 1. The lowest BCUT2D eigenvalue weighted by atomic mass is 10.2. The number of aromatic nitrogens is 1.